The molecular weight excluding hydrogens is 372 g/mol. The zero-order valence-corrected chi connectivity index (χ0v) is 16.1. The Labute approximate surface area is 167 Å². The number of imidazole rings is 1. The average Bonchev–Trinajstić information content (AvgIpc) is 3.15. The number of morpholine rings is 1. The van der Waals surface area contributed by atoms with Crippen molar-refractivity contribution in [2.24, 2.45) is 0 Å². The number of amides is 1. The van der Waals surface area contributed by atoms with Gasteiger partial charge in [0.2, 0.25) is 0 Å². The van der Waals surface area contributed by atoms with Crippen molar-refractivity contribution in [3.05, 3.63) is 59.4 Å². The van der Waals surface area contributed by atoms with Crippen LogP contribution in [0.3, 0.4) is 0 Å². The third-order valence-electron chi connectivity index (χ3n) is 4.81. The predicted octanol–water partition coefficient (Wildman–Crippen LogP) is 2.43. The first-order valence-electron chi connectivity index (χ1n) is 9.41. The number of ether oxygens (including phenoxy) is 2. The number of aromatic amines is 1. The lowest BCUT2D eigenvalue weighted by Crippen LogP contribution is -2.35. The number of H-pyrrole nitrogens is 1. The van der Waals surface area contributed by atoms with E-state index in [1.54, 1.807) is 18.2 Å². The van der Waals surface area contributed by atoms with Gasteiger partial charge < -0.3 is 19.8 Å². The summed E-state index contributed by atoms with van der Waals surface area (Å²) in [5.41, 5.74) is 3.06. The second-order valence-corrected chi connectivity index (χ2v) is 6.83. The number of esters is 1. The number of aromatic nitrogens is 2. The molecule has 3 aromatic rings. The van der Waals surface area contributed by atoms with Gasteiger partial charge in [0.25, 0.3) is 5.91 Å². The Morgan fingerprint density at radius 2 is 1.97 bits per heavy atom. The van der Waals surface area contributed by atoms with Crippen LogP contribution in [0.2, 0.25) is 0 Å². The molecule has 29 heavy (non-hydrogen) atoms. The van der Waals surface area contributed by atoms with Crippen LogP contribution in [0.15, 0.2) is 42.5 Å². The number of rotatable bonds is 5. The summed E-state index contributed by atoms with van der Waals surface area (Å²) in [5.74, 6) is 0.102. The van der Waals surface area contributed by atoms with Crippen LogP contribution in [0, 0.1) is 0 Å². The minimum Gasteiger partial charge on any atom is -0.465 e. The van der Waals surface area contributed by atoms with Gasteiger partial charge in [-0.2, -0.15) is 0 Å². The van der Waals surface area contributed by atoms with Crippen LogP contribution in [-0.2, 0) is 16.0 Å². The van der Waals surface area contributed by atoms with Gasteiger partial charge in [-0.1, -0.05) is 6.07 Å². The van der Waals surface area contributed by atoms with Gasteiger partial charge in [0.15, 0.2) is 0 Å². The van der Waals surface area contributed by atoms with E-state index in [2.05, 4.69) is 20.2 Å². The second kappa shape index (κ2) is 8.42. The zero-order chi connectivity index (χ0) is 20.2. The smallest absolute Gasteiger partial charge is 0.337 e. The normalized spacial score (nSPS) is 14.7. The highest BCUT2D eigenvalue weighted by molar-refractivity contribution is 6.06. The number of nitrogens with one attached hydrogen (secondary N) is 2. The monoisotopic (exact) mass is 394 g/mol. The van der Waals surface area contributed by atoms with Crippen LogP contribution in [0.25, 0.3) is 11.0 Å². The number of methoxy groups -OCH3 is 1. The zero-order valence-electron chi connectivity index (χ0n) is 16.1. The van der Waals surface area contributed by atoms with Crippen LogP contribution in [0.1, 0.15) is 26.5 Å². The van der Waals surface area contributed by atoms with E-state index in [1.165, 1.54) is 13.2 Å². The van der Waals surface area contributed by atoms with Gasteiger partial charge in [-0.3, -0.25) is 9.69 Å². The largest absolute Gasteiger partial charge is 0.465 e. The third kappa shape index (κ3) is 4.44. The lowest BCUT2D eigenvalue weighted by atomic mass is 10.1. The number of carbonyl (C=O) groups is 2. The summed E-state index contributed by atoms with van der Waals surface area (Å²) in [6, 6.07) is 12.0. The number of carbonyl (C=O) groups excluding carboxylic acids is 2. The molecule has 1 amide bonds. The molecule has 1 aliphatic rings. The van der Waals surface area contributed by atoms with Gasteiger partial charge in [0, 0.05) is 24.3 Å². The summed E-state index contributed by atoms with van der Waals surface area (Å²) in [6.45, 7) is 4.01. The Hall–Kier alpha value is -3.23. The molecule has 2 N–H and O–H groups in total. The minimum atomic E-state index is -0.480. The van der Waals surface area contributed by atoms with Gasteiger partial charge in [0.05, 0.1) is 43.5 Å². The van der Waals surface area contributed by atoms with Gasteiger partial charge in [-0.05, 0) is 36.4 Å². The summed E-state index contributed by atoms with van der Waals surface area (Å²) in [7, 11) is 1.31. The molecule has 0 atom stereocenters. The Morgan fingerprint density at radius 3 is 2.76 bits per heavy atom. The number of fused-ring (bicyclic) bond motifs is 1. The second-order valence-electron chi connectivity index (χ2n) is 6.83. The van der Waals surface area contributed by atoms with Gasteiger partial charge in [0.1, 0.15) is 5.82 Å². The van der Waals surface area contributed by atoms with E-state index in [-0.39, 0.29) is 5.91 Å². The first kappa shape index (κ1) is 19.1. The number of hydrogen-bond donors (Lipinski definition) is 2. The highest BCUT2D eigenvalue weighted by Gasteiger charge is 2.14. The van der Waals surface area contributed by atoms with Crippen molar-refractivity contribution in [2.75, 3.05) is 38.7 Å². The quantitative estimate of drug-likeness (QED) is 0.645. The van der Waals surface area contributed by atoms with E-state index >= 15 is 0 Å². The van der Waals surface area contributed by atoms with Gasteiger partial charge in [-0.25, -0.2) is 9.78 Å². The van der Waals surface area contributed by atoms with E-state index in [9.17, 15) is 9.59 Å². The molecule has 1 aliphatic heterocycles. The SMILES string of the molecule is COC(=O)c1cccc(C(=O)Nc2ccc3nc(CN4CCOCC4)[nH]c3c2)c1. The van der Waals surface area contributed by atoms with Crippen molar-refractivity contribution in [2.45, 2.75) is 6.54 Å². The Balaban J connectivity index is 1.48. The summed E-state index contributed by atoms with van der Waals surface area (Å²) < 4.78 is 10.1. The van der Waals surface area contributed by atoms with E-state index < -0.39 is 5.97 Å². The molecule has 0 saturated carbocycles. The molecule has 0 radical (unpaired) electrons. The van der Waals surface area contributed by atoms with E-state index in [0.717, 1.165) is 49.7 Å². The Kier molecular flexibility index (Phi) is 5.55. The highest BCUT2D eigenvalue weighted by atomic mass is 16.5. The maximum Gasteiger partial charge on any atom is 0.337 e. The Morgan fingerprint density at radius 1 is 1.17 bits per heavy atom. The number of benzene rings is 2. The lowest BCUT2D eigenvalue weighted by Gasteiger charge is -2.25. The summed E-state index contributed by atoms with van der Waals surface area (Å²) in [4.78, 5) is 34.5. The first-order valence-corrected chi connectivity index (χ1v) is 9.41. The van der Waals surface area contributed by atoms with Crippen molar-refractivity contribution in [3.63, 3.8) is 0 Å². The van der Waals surface area contributed by atoms with Crippen molar-refractivity contribution in [1.29, 1.82) is 0 Å². The average molecular weight is 394 g/mol. The molecule has 2 aromatic carbocycles. The van der Waals surface area contributed by atoms with Crippen LogP contribution >= 0.6 is 0 Å². The fourth-order valence-corrected chi connectivity index (χ4v) is 3.29. The summed E-state index contributed by atoms with van der Waals surface area (Å²) >= 11 is 0. The molecule has 8 heteroatoms. The molecule has 1 saturated heterocycles. The molecule has 150 valence electrons. The van der Waals surface area contributed by atoms with Crippen LogP contribution in [0.4, 0.5) is 5.69 Å². The van der Waals surface area contributed by atoms with Crippen LogP contribution in [-0.4, -0.2) is 60.2 Å². The summed E-state index contributed by atoms with van der Waals surface area (Å²) in [5, 5.41) is 2.86. The predicted molar refractivity (Wildman–Crippen MR) is 108 cm³/mol. The molecule has 0 aliphatic carbocycles. The van der Waals surface area contributed by atoms with E-state index in [1.807, 2.05) is 18.2 Å². The van der Waals surface area contributed by atoms with Crippen molar-refractivity contribution in [3.8, 4) is 0 Å². The number of nitrogens with zero attached hydrogens (tertiary/aromatic N) is 2. The standard InChI is InChI=1S/C21H22N4O4/c1-28-21(27)15-4-2-3-14(11-15)20(26)22-16-5-6-17-18(12-16)24-19(23-17)13-25-7-9-29-10-8-25/h2-6,11-12H,7-10,13H2,1H3,(H,22,26)(H,23,24). The minimum absolute atomic E-state index is 0.303. The van der Waals surface area contributed by atoms with Gasteiger partial charge >= 0.3 is 5.97 Å². The van der Waals surface area contributed by atoms with E-state index in [4.69, 9.17) is 9.47 Å². The maximum atomic E-state index is 12.6. The van der Waals surface area contributed by atoms with Crippen molar-refractivity contribution >= 4 is 28.6 Å². The lowest BCUT2D eigenvalue weighted by molar-refractivity contribution is 0.0332. The molecule has 4 rings (SSSR count). The molecular formula is C21H22N4O4. The topological polar surface area (TPSA) is 96.6 Å². The van der Waals surface area contributed by atoms with Crippen LogP contribution in [0.5, 0.6) is 0 Å². The maximum absolute atomic E-state index is 12.6. The van der Waals surface area contributed by atoms with E-state index in [0.29, 0.717) is 16.8 Å². The molecule has 1 aromatic heterocycles. The highest BCUT2D eigenvalue weighted by Crippen LogP contribution is 2.19. The fraction of sp³-hybridized carbons (Fsp3) is 0.286. The molecule has 1 fully saturated rings. The van der Waals surface area contributed by atoms with Crippen LogP contribution < -0.4 is 5.32 Å². The Bertz CT molecular complexity index is 1040. The summed E-state index contributed by atoms with van der Waals surface area (Å²) in [6.07, 6.45) is 0. The van der Waals surface area contributed by atoms with Crippen molar-refractivity contribution in [1.82, 2.24) is 14.9 Å². The first-order chi connectivity index (χ1) is 14.1. The number of hydrogen-bond acceptors (Lipinski definition) is 6. The molecule has 0 spiro atoms. The van der Waals surface area contributed by atoms with Gasteiger partial charge in [-0.15, -0.1) is 0 Å². The molecule has 8 nitrogen and oxygen atoms in total. The molecule has 0 unspecified atom stereocenters. The number of anilines is 1. The molecule has 2 heterocycles. The van der Waals surface area contributed by atoms with Crippen molar-refractivity contribution < 1.29 is 19.1 Å². The third-order valence-corrected chi connectivity index (χ3v) is 4.81. The fourth-order valence-electron chi connectivity index (χ4n) is 3.29. The molecule has 0 bridgehead atoms.